The van der Waals surface area contributed by atoms with Gasteiger partial charge < -0.3 is 15.5 Å². The van der Waals surface area contributed by atoms with E-state index in [0.29, 0.717) is 6.61 Å². The molecule has 17 heavy (non-hydrogen) atoms. The van der Waals surface area contributed by atoms with Crippen LogP contribution in [0.15, 0.2) is 18.6 Å². The predicted octanol–water partition coefficient (Wildman–Crippen LogP) is 0.846. The fourth-order valence-electron chi connectivity index (χ4n) is 1.61. The zero-order valence-corrected chi connectivity index (χ0v) is 10.1. The lowest BCUT2D eigenvalue weighted by atomic mass is 10.2. The normalized spacial score (nSPS) is 12.9. The van der Waals surface area contributed by atoms with Crippen LogP contribution in [-0.2, 0) is 11.8 Å². The zero-order chi connectivity index (χ0) is 12.3. The standard InChI is InChI=1S/C11H17N5O/c1-16-7-8(5-14-16)10-6-13-11(15-10)9(12)3-4-17-2/h5-7,9H,3-4,12H2,1-2H3,(H,13,15). The Bertz CT molecular complexity index is 476. The van der Waals surface area contributed by atoms with Crippen LogP contribution in [0.3, 0.4) is 0 Å². The van der Waals surface area contributed by atoms with E-state index in [0.717, 1.165) is 23.5 Å². The maximum absolute atomic E-state index is 5.98. The van der Waals surface area contributed by atoms with E-state index in [9.17, 15) is 0 Å². The Morgan fingerprint density at radius 3 is 3.00 bits per heavy atom. The monoisotopic (exact) mass is 235 g/mol. The molecule has 6 nitrogen and oxygen atoms in total. The molecule has 0 aromatic carbocycles. The van der Waals surface area contributed by atoms with Gasteiger partial charge in [0, 0.05) is 32.5 Å². The molecule has 2 heterocycles. The Kier molecular flexibility index (Phi) is 3.55. The van der Waals surface area contributed by atoms with Crippen LogP contribution in [0.5, 0.6) is 0 Å². The van der Waals surface area contributed by atoms with E-state index >= 15 is 0 Å². The van der Waals surface area contributed by atoms with Gasteiger partial charge in [-0.2, -0.15) is 5.10 Å². The molecule has 3 N–H and O–H groups in total. The Labute approximate surface area is 99.8 Å². The van der Waals surface area contributed by atoms with Crippen LogP contribution in [0.4, 0.5) is 0 Å². The molecule has 0 saturated carbocycles. The number of aromatic amines is 1. The van der Waals surface area contributed by atoms with Gasteiger partial charge in [0.05, 0.1) is 24.1 Å². The van der Waals surface area contributed by atoms with Crippen LogP contribution >= 0.6 is 0 Å². The van der Waals surface area contributed by atoms with Gasteiger partial charge in [-0.1, -0.05) is 0 Å². The second-order valence-electron chi connectivity index (χ2n) is 3.97. The number of hydrogen-bond donors (Lipinski definition) is 2. The summed E-state index contributed by atoms with van der Waals surface area (Å²) in [4.78, 5) is 7.49. The summed E-state index contributed by atoms with van der Waals surface area (Å²) in [7, 11) is 3.54. The number of nitrogens with one attached hydrogen (secondary N) is 1. The van der Waals surface area contributed by atoms with Crippen LogP contribution in [0.25, 0.3) is 11.3 Å². The number of rotatable bonds is 5. The number of nitrogens with two attached hydrogens (primary N) is 1. The van der Waals surface area contributed by atoms with Crippen molar-refractivity contribution < 1.29 is 4.74 Å². The van der Waals surface area contributed by atoms with E-state index in [1.165, 1.54) is 0 Å². The second kappa shape index (κ2) is 5.11. The Balaban J connectivity index is 2.10. The molecule has 0 bridgehead atoms. The highest BCUT2D eigenvalue weighted by Crippen LogP contribution is 2.18. The number of aromatic nitrogens is 4. The van der Waals surface area contributed by atoms with Gasteiger partial charge in [0.1, 0.15) is 5.82 Å². The van der Waals surface area contributed by atoms with Gasteiger partial charge in [0.15, 0.2) is 0 Å². The topological polar surface area (TPSA) is 81.8 Å². The molecule has 2 rings (SSSR count). The molecule has 0 fully saturated rings. The molecule has 6 heteroatoms. The average Bonchev–Trinajstić information content (AvgIpc) is 2.93. The van der Waals surface area contributed by atoms with E-state index < -0.39 is 0 Å². The average molecular weight is 235 g/mol. The smallest absolute Gasteiger partial charge is 0.123 e. The summed E-state index contributed by atoms with van der Waals surface area (Å²) in [6.45, 7) is 0.629. The van der Waals surface area contributed by atoms with Gasteiger partial charge >= 0.3 is 0 Å². The lowest BCUT2D eigenvalue weighted by Crippen LogP contribution is -2.14. The maximum Gasteiger partial charge on any atom is 0.123 e. The number of nitrogens with zero attached hydrogens (tertiary/aromatic N) is 3. The highest BCUT2D eigenvalue weighted by atomic mass is 16.5. The third-order valence-corrected chi connectivity index (χ3v) is 2.60. The zero-order valence-electron chi connectivity index (χ0n) is 10.1. The minimum Gasteiger partial charge on any atom is -0.385 e. The van der Waals surface area contributed by atoms with E-state index in [1.807, 2.05) is 13.2 Å². The van der Waals surface area contributed by atoms with E-state index in [2.05, 4.69) is 15.1 Å². The number of hydrogen-bond acceptors (Lipinski definition) is 4. The Morgan fingerprint density at radius 2 is 2.35 bits per heavy atom. The summed E-state index contributed by atoms with van der Waals surface area (Å²) in [6.07, 6.45) is 6.24. The van der Waals surface area contributed by atoms with Gasteiger partial charge in [-0.25, -0.2) is 4.98 Å². The summed E-state index contributed by atoms with van der Waals surface area (Å²) in [6, 6.07) is -0.125. The summed E-state index contributed by atoms with van der Waals surface area (Å²) >= 11 is 0. The quantitative estimate of drug-likeness (QED) is 0.804. The van der Waals surface area contributed by atoms with E-state index in [1.54, 1.807) is 24.2 Å². The van der Waals surface area contributed by atoms with Crippen LogP contribution in [0.2, 0.25) is 0 Å². The van der Waals surface area contributed by atoms with E-state index in [-0.39, 0.29) is 6.04 Å². The molecule has 0 amide bonds. The molecule has 0 saturated heterocycles. The first kappa shape index (κ1) is 11.8. The predicted molar refractivity (Wildman–Crippen MR) is 64.2 cm³/mol. The van der Waals surface area contributed by atoms with Crippen molar-refractivity contribution in [2.24, 2.45) is 12.8 Å². The highest BCUT2D eigenvalue weighted by molar-refractivity contribution is 5.56. The maximum atomic E-state index is 5.98. The molecule has 0 spiro atoms. The molecular weight excluding hydrogens is 218 g/mol. The number of imidazole rings is 1. The molecule has 2 aromatic heterocycles. The van der Waals surface area contributed by atoms with Gasteiger partial charge in [0.2, 0.25) is 0 Å². The summed E-state index contributed by atoms with van der Waals surface area (Å²) < 4.78 is 6.74. The number of aryl methyl sites for hydroxylation is 1. The van der Waals surface area contributed by atoms with Crippen molar-refractivity contribution >= 4 is 0 Å². The molecule has 1 atom stereocenters. The van der Waals surface area contributed by atoms with Crippen LogP contribution in [0, 0.1) is 0 Å². The van der Waals surface area contributed by atoms with Crippen LogP contribution < -0.4 is 5.73 Å². The largest absolute Gasteiger partial charge is 0.385 e. The molecule has 1 unspecified atom stereocenters. The number of ether oxygens (including phenoxy) is 1. The highest BCUT2D eigenvalue weighted by Gasteiger charge is 2.11. The van der Waals surface area contributed by atoms with Crippen molar-refractivity contribution in [1.29, 1.82) is 0 Å². The van der Waals surface area contributed by atoms with Crippen molar-refractivity contribution in [3.8, 4) is 11.3 Å². The third-order valence-electron chi connectivity index (χ3n) is 2.60. The van der Waals surface area contributed by atoms with Crippen molar-refractivity contribution in [3.63, 3.8) is 0 Å². The molecule has 0 aliphatic carbocycles. The number of methoxy groups -OCH3 is 1. The molecule has 0 aliphatic rings. The van der Waals surface area contributed by atoms with Crippen LogP contribution in [-0.4, -0.2) is 33.5 Å². The Morgan fingerprint density at radius 1 is 1.53 bits per heavy atom. The van der Waals surface area contributed by atoms with Gasteiger partial charge in [-0.15, -0.1) is 0 Å². The lowest BCUT2D eigenvalue weighted by Gasteiger charge is -2.06. The first-order valence-electron chi connectivity index (χ1n) is 5.49. The van der Waals surface area contributed by atoms with Crippen molar-refractivity contribution in [3.05, 3.63) is 24.4 Å². The molecular formula is C11H17N5O. The summed E-state index contributed by atoms with van der Waals surface area (Å²) in [5.74, 6) is 0.779. The van der Waals surface area contributed by atoms with Gasteiger partial charge in [0.25, 0.3) is 0 Å². The fourth-order valence-corrected chi connectivity index (χ4v) is 1.61. The fraction of sp³-hybridized carbons (Fsp3) is 0.455. The van der Waals surface area contributed by atoms with Crippen molar-refractivity contribution in [2.75, 3.05) is 13.7 Å². The van der Waals surface area contributed by atoms with Gasteiger partial charge in [-0.05, 0) is 6.42 Å². The van der Waals surface area contributed by atoms with Gasteiger partial charge in [-0.3, -0.25) is 4.68 Å². The summed E-state index contributed by atoms with van der Waals surface area (Å²) in [5.41, 5.74) is 7.92. The molecule has 2 aromatic rings. The SMILES string of the molecule is COCCC(N)c1ncc(-c2cnn(C)c2)[nH]1. The minimum atomic E-state index is -0.125. The Hall–Kier alpha value is -1.66. The third kappa shape index (κ3) is 2.72. The second-order valence-corrected chi connectivity index (χ2v) is 3.97. The number of H-pyrrole nitrogens is 1. The first-order valence-corrected chi connectivity index (χ1v) is 5.49. The molecule has 92 valence electrons. The van der Waals surface area contributed by atoms with Crippen molar-refractivity contribution in [1.82, 2.24) is 19.7 Å². The van der Waals surface area contributed by atoms with Crippen molar-refractivity contribution in [2.45, 2.75) is 12.5 Å². The molecule has 0 radical (unpaired) electrons. The molecule has 0 aliphatic heterocycles. The first-order chi connectivity index (χ1) is 8.20. The van der Waals surface area contributed by atoms with E-state index in [4.69, 9.17) is 10.5 Å². The summed E-state index contributed by atoms with van der Waals surface area (Å²) in [5, 5.41) is 4.11. The lowest BCUT2D eigenvalue weighted by molar-refractivity contribution is 0.187. The minimum absolute atomic E-state index is 0.125. The van der Waals surface area contributed by atoms with Crippen LogP contribution in [0.1, 0.15) is 18.3 Å².